The van der Waals surface area contributed by atoms with Gasteiger partial charge in [-0.3, -0.25) is 9.98 Å². The Morgan fingerprint density at radius 1 is 1.00 bits per heavy atom. The Hall–Kier alpha value is -1.44. The second kappa shape index (κ2) is 5.16. The number of dihydropyridines is 1. The molecule has 0 aliphatic carbocycles. The highest BCUT2D eigenvalue weighted by Gasteiger charge is 2.21. The third kappa shape index (κ3) is 3.36. The predicted octanol–water partition coefficient (Wildman–Crippen LogP) is 4.54. The summed E-state index contributed by atoms with van der Waals surface area (Å²) in [6.45, 7) is 14.4. The normalized spacial score (nSPS) is 16.7. The minimum atomic E-state index is 0.142. The Kier molecular flexibility index (Phi) is 3.86. The van der Waals surface area contributed by atoms with Crippen molar-refractivity contribution in [3.8, 4) is 0 Å². The van der Waals surface area contributed by atoms with Crippen molar-refractivity contribution in [1.29, 1.82) is 0 Å². The Balaban J connectivity index is 2.38. The lowest BCUT2D eigenvalue weighted by molar-refractivity contribution is 0.483. The molecule has 2 heterocycles. The number of aromatic nitrogens is 1. The molecule has 2 rings (SSSR count). The van der Waals surface area contributed by atoms with Crippen LogP contribution in [0.2, 0.25) is 0 Å². The van der Waals surface area contributed by atoms with Crippen molar-refractivity contribution in [3.05, 3.63) is 41.2 Å². The molecule has 1 aliphatic rings. The van der Waals surface area contributed by atoms with Crippen LogP contribution in [0.3, 0.4) is 0 Å². The summed E-state index contributed by atoms with van der Waals surface area (Å²) in [5.74, 6) is 0. The fourth-order valence-electron chi connectivity index (χ4n) is 2.36. The van der Waals surface area contributed by atoms with Crippen LogP contribution >= 0.6 is 0 Å². The van der Waals surface area contributed by atoms with Gasteiger partial charge in [0, 0.05) is 12.7 Å². The van der Waals surface area contributed by atoms with Crippen molar-refractivity contribution in [3.63, 3.8) is 0 Å². The van der Waals surface area contributed by atoms with Gasteiger partial charge < -0.3 is 0 Å². The van der Waals surface area contributed by atoms with Gasteiger partial charge in [0.1, 0.15) is 0 Å². The number of rotatable bonds is 1. The summed E-state index contributed by atoms with van der Waals surface area (Å²) < 4.78 is 0. The van der Waals surface area contributed by atoms with Gasteiger partial charge in [-0.2, -0.15) is 0 Å². The van der Waals surface area contributed by atoms with Gasteiger partial charge in [0.2, 0.25) is 0 Å². The molecule has 0 N–H and O–H groups in total. The summed E-state index contributed by atoms with van der Waals surface area (Å²) in [5.41, 5.74) is 5.16. The van der Waals surface area contributed by atoms with Gasteiger partial charge in [0.25, 0.3) is 0 Å². The monoisotopic (exact) mass is 270 g/mol. The Labute approximate surface area is 123 Å². The molecule has 0 spiro atoms. The van der Waals surface area contributed by atoms with E-state index in [4.69, 9.17) is 0 Å². The first-order chi connectivity index (χ1) is 9.18. The molecule has 20 heavy (non-hydrogen) atoms. The lowest BCUT2D eigenvalue weighted by Gasteiger charge is -2.26. The maximum atomic E-state index is 4.66. The van der Waals surface area contributed by atoms with Crippen LogP contribution in [0.5, 0.6) is 0 Å². The molecule has 2 nitrogen and oxygen atoms in total. The second-order valence-corrected chi connectivity index (χ2v) is 7.62. The van der Waals surface area contributed by atoms with Crippen LogP contribution in [0.4, 0.5) is 0 Å². The highest BCUT2D eigenvalue weighted by molar-refractivity contribution is 6.08. The summed E-state index contributed by atoms with van der Waals surface area (Å²) in [7, 11) is 0. The van der Waals surface area contributed by atoms with Crippen LogP contribution in [-0.4, -0.2) is 17.2 Å². The molecule has 0 saturated carbocycles. The largest absolute Gasteiger partial charge is 0.283 e. The molecule has 0 saturated heterocycles. The SMILES string of the molecule is CC(C)(C)C1=CC(c2cc(C(C)(C)C)ccn2)=NCC1. The Morgan fingerprint density at radius 2 is 1.70 bits per heavy atom. The van der Waals surface area contributed by atoms with Gasteiger partial charge in [-0.1, -0.05) is 47.1 Å². The van der Waals surface area contributed by atoms with E-state index in [1.54, 1.807) is 0 Å². The van der Waals surface area contributed by atoms with Crippen LogP contribution in [0.1, 0.15) is 59.2 Å². The van der Waals surface area contributed by atoms with Crippen molar-refractivity contribution in [1.82, 2.24) is 4.98 Å². The molecule has 0 unspecified atom stereocenters. The maximum absolute atomic E-state index is 4.66. The highest BCUT2D eigenvalue weighted by atomic mass is 14.8. The van der Waals surface area contributed by atoms with E-state index < -0.39 is 0 Å². The molecule has 1 aromatic heterocycles. The molecule has 1 aromatic rings. The number of aliphatic imine (C=N–C) groups is 1. The van der Waals surface area contributed by atoms with Gasteiger partial charge in [-0.05, 0) is 41.0 Å². The summed E-state index contributed by atoms with van der Waals surface area (Å²) in [5, 5.41) is 0. The Bertz CT molecular complexity index is 552. The third-order valence-electron chi connectivity index (χ3n) is 3.83. The van der Waals surface area contributed by atoms with E-state index in [1.807, 2.05) is 6.20 Å². The second-order valence-electron chi connectivity index (χ2n) is 7.62. The van der Waals surface area contributed by atoms with Crippen LogP contribution in [0.15, 0.2) is 35.0 Å². The molecular formula is C18H26N2. The topological polar surface area (TPSA) is 25.2 Å². The van der Waals surface area contributed by atoms with Gasteiger partial charge in [-0.25, -0.2) is 0 Å². The van der Waals surface area contributed by atoms with Gasteiger partial charge in [0.05, 0.1) is 11.4 Å². The quantitative estimate of drug-likeness (QED) is 0.735. The minimum Gasteiger partial charge on any atom is -0.283 e. The highest BCUT2D eigenvalue weighted by Crippen LogP contribution is 2.30. The number of hydrogen-bond donors (Lipinski definition) is 0. The van der Waals surface area contributed by atoms with Crippen molar-refractivity contribution < 1.29 is 0 Å². The first kappa shape index (κ1) is 15.0. The van der Waals surface area contributed by atoms with Crippen LogP contribution in [0.25, 0.3) is 0 Å². The molecule has 2 heteroatoms. The average molecular weight is 270 g/mol. The zero-order chi connectivity index (χ0) is 15.0. The van der Waals surface area contributed by atoms with Crippen LogP contribution in [-0.2, 0) is 5.41 Å². The van der Waals surface area contributed by atoms with Crippen molar-refractivity contribution in [2.24, 2.45) is 10.4 Å². The van der Waals surface area contributed by atoms with Crippen molar-refractivity contribution in [2.45, 2.75) is 53.4 Å². The fraction of sp³-hybridized carbons (Fsp3) is 0.556. The summed E-state index contributed by atoms with van der Waals surface area (Å²) in [6, 6.07) is 4.28. The summed E-state index contributed by atoms with van der Waals surface area (Å²) in [6.07, 6.45) is 5.20. The minimum absolute atomic E-state index is 0.142. The lowest BCUT2D eigenvalue weighted by atomic mass is 9.82. The first-order valence-corrected chi connectivity index (χ1v) is 7.40. The van der Waals surface area contributed by atoms with E-state index >= 15 is 0 Å². The molecule has 0 fully saturated rings. The lowest BCUT2D eigenvalue weighted by Crippen LogP contribution is -2.18. The van der Waals surface area contributed by atoms with Crippen molar-refractivity contribution >= 4 is 5.71 Å². The maximum Gasteiger partial charge on any atom is 0.0884 e. The predicted molar refractivity (Wildman–Crippen MR) is 86.5 cm³/mol. The molecule has 108 valence electrons. The van der Waals surface area contributed by atoms with Crippen LogP contribution in [0, 0.1) is 5.41 Å². The average Bonchev–Trinajstić information content (AvgIpc) is 2.37. The third-order valence-corrected chi connectivity index (χ3v) is 3.83. The zero-order valence-electron chi connectivity index (χ0n) is 13.6. The van der Waals surface area contributed by atoms with E-state index in [9.17, 15) is 0 Å². The van der Waals surface area contributed by atoms with Crippen molar-refractivity contribution in [2.75, 3.05) is 6.54 Å². The van der Waals surface area contributed by atoms with Gasteiger partial charge in [-0.15, -0.1) is 0 Å². The van der Waals surface area contributed by atoms with E-state index in [2.05, 4.69) is 69.7 Å². The fourth-order valence-corrected chi connectivity index (χ4v) is 2.36. The molecule has 0 aromatic carbocycles. The standard InChI is InChI=1S/C18H26N2/c1-17(2,3)13-7-9-19-15(11-13)16-12-14(8-10-20-16)18(4,5)6/h7,9,11-12H,8,10H2,1-6H3. The smallest absolute Gasteiger partial charge is 0.0884 e. The molecule has 0 atom stereocenters. The zero-order valence-corrected chi connectivity index (χ0v) is 13.6. The molecule has 0 radical (unpaired) electrons. The van der Waals surface area contributed by atoms with E-state index in [-0.39, 0.29) is 10.8 Å². The summed E-state index contributed by atoms with van der Waals surface area (Å²) >= 11 is 0. The molecule has 0 amide bonds. The number of nitrogens with zero attached hydrogens (tertiary/aromatic N) is 2. The number of pyridine rings is 1. The number of allylic oxidation sites excluding steroid dienone is 1. The Morgan fingerprint density at radius 3 is 2.30 bits per heavy atom. The van der Waals surface area contributed by atoms with Crippen LogP contribution < -0.4 is 0 Å². The van der Waals surface area contributed by atoms with E-state index in [0.29, 0.717) is 0 Å². The molecule has 0 bridgehead atoms. The molecule has 1 aliphatic heterocycles. The van der Waals surface area contributed by atoms with E-state index in [0.717, 1.165) is 24.4 Å². The number of hydrogen-bond acceptors (Lipinski definition) is 2. The summed E-state index contributed by atoms with van der Waals surface area (Å²) in [4.78, 5) is 9.18. The molecular weight excluding hydrogens is 244 g/mol. The first-order valence-electron chi connectivity index (χ1n) is 7.40. The van der Waals surface area contributed by atoms with Gasteiger partial charge >= 0.3 is 0 Å². The van der Waals surface area contributed by atoms with Gasteiger partial charge in [0.15, 0.2) is 0 Å². The van der Waals surface area contributed by atoms with E-state index in [1.165, 1.54) is 11.1 Å².